The highest BCUT2D eigenvalue weighted by Crippen LogP contribution is 2.45. The molecule has 2 atom stereocenters. The van der Waals surface area contributed by atoms with Crippen LogP contribution in [0.15, 0.2) is 48.5 Å². The van der Waals surface area contributed by atoms with Gasteiger partial charge in [0, 0.05) is 36.8 Å². The second kappa shape index (κ2) is 9.08. The molecule has 2 unspecified atom stereocenters. The quantitative estimate of drug-likeness (QED) is 0.484. The van der Waals surface area contributed by atoms with E-state index < -0.39 is 12.6 Å². The normalized spacial score (nSPS) is 23.5. The summed E-state index contributed by atoms with van der Waals surface area (Å²) in [5, 5.41) is 0. The maximum atomic E-state index is 13.1. The van der Waals surface area contributed by atoms with Gasteiger partial charge in [0.05, 0.1) is 0 Å². The third kappa shape index (κ3) is 4.44. The van der Waals surface area contributed by atoms with Crippen molar-refractivity contribution in [2.24, 2.45) is 5.92 Å². The summed E-state index contributed by atoms with van der Waals surface area (Å²) in [6, 6.07) is 16.2. The van der Waals surface area contributed by atoms with E-state index in [9.17, 15) is 22.8 Å². The van der Waals surface area contributed by atoms with Crippen molar-refractivity contribution >= 4 is 11.9 Å². The molecule has 0 radical (unpaired) electrons. The number of ether oxygens (including phenoxy) is 1. The lowest BCUT2D eigenvalue weighted by atomic mass is 9.86. The zero-order chi connectivity index (χ0) is 23.9. The Hall–Kier alpha value is -2.83. The highest BCUT2D eigenvalue weighted by molar-refractivity contribution is 5.82. The van der Waals surface area contributed by atoms with E-state index in [1.807, 2.05) is 24.3 Å². The zero-order valence-electron chi connectivity index (χ0n) is 18.9. The second-order valence-corrected chi connectivity index (χ2v) is 9.70. The number of piperidine rings is 1. The molecule has 2 aromatic carbocycles. The number of carbonyl (C=O) groups excluding carboxylic acids is 2. The molecule has 1 amide bonds. The third-order valence-electron chi connectivity index (χ3n) is 7.62. The van der Waals surface area contributed by atoms with Crippen LogP contribution in [0, 0.1) is 5.92 Å². The van der Waals surface area contributed by atoms with E-state index in [1.165, 1.54) is 11.1 Å². The van der Waals surface area contributed by atoms with Crippen LogP contribution in [-0.4, -0.2) is 41.6 Å². The van der Waals surface area contributed by atoms with Gasteiger partial charge in [0.1, 0.15) is 12.4 Å². The number of Topliss-reactive ketones (excluding diaryl/α,β-unsaturated/α-hetero) is 1. The van der Waals surface area contributed by atoms with Crippen LogP contribution in [0.4, 0.5) is 18.0 Å². The Morgan fingerprint density at radius 2 is 1.47 bits per heavy atom. The summed E-state index contributed by atoms with van der Waals surface area (Å²) in [4.78, 5) is 27.4. The minimum atomic E-state index is -4.23. The maximum absolute atomic E-state index is 13.1. The van der Waals surface area contributed by atoms with E-state index in [0.29, 0.717) is 12.8 Å². The van der Waals surface area contributed by atoms with Crippen LogP contribution >= 0.6 is 0 Å². The van der Waals surface area contributed by atoms with E-state index in [1.54, 1.807) is 4.90 Å². The number of halogens is 3. The van der Waals surface area contributed by atoms with Crippen molar-refractivity contribution in [1.82, 2.24) is 4.90 Å². The molecular weight excluding hydrogens is 443 g/mol. The molecule has 2 saturated heterocycles. The van der Waals surface area contributed by atoms with Gasteiger partial charge in [-0.3, -0.25) is 4.79 Å². The molecule has 0 aromatic heterocycles. The van der Waals surface area contributed by atoms with Crippen LogP contribution in [0.25, 0.3) is 11.1 Å². The predicted molar refractivity (Wildman–Crippen MR) is 121 cm³/mol. The number of hydrogen-bond donors (Lipinski definition) is 0. The number of ketones is 1. The standard InChI is InChI=1S/C27H28F3NO3/c28-27(29,30)13-5-10-25(32)17-14-18-11-12-19(15-17)31(18)26(33)34-16-24-22-8-3-1-6-20(22)21-7-2-4-9-23(21)24/h1-4,6-9,17-19,24H,5,10-16H2. The zero-order valence-corrected chi connectivity index (χ0v) is 18.9. The van der Waals surface area contributed by atoms with Gasteiger partial charge in [0.25, 0.3) is 0 Å². The monoisotopic (exact) mass is 471 g/mol. The first-order valence-corrected chi connectivity index (χ1v) is 12.0. The molecule has 4 nitrogen and oxygen atoms in total. The molecule has 0 N–H and O–H groups in total. The van der Waals surface area contributed by atoms with Crippen LogP contribution in [0.3, 0.4) is 0 Å². The number of fused-ring (bicyclic) bond motifs is 5. The summed E-state index contributed by atoms with van der Waals surface area (Å²) in [6.45, 7) is 0.253. The van der Waals surface area contributed by atoms with Crippen molar-refractivity contribution in [1.29, 1.82) is 0 Å². The number of amides is 1. The van der Waals surface area contributed by atoms with Crippen LogP contribution in [-0.2, 0) is 9.53 Å². The highest BCUT2D eigenvalue weighted by atomic mass is 19.4. The SMILES string of the molecule is O=C(CCCC(F)(F)F)C1CC2CCC(C1)N2C(=O)OCC1c2ccccc2-c2ccccc21. The van der Waals surface area contributed by atoms with Crippen molar-refractivity contribution in [2.45, 2.75) is 69.1 Å². The summed E-state index contributed by atoms with van der Waals surface area (Å²) >= 11 is 0. The van der Waals surface area contributed by atoms with Gasteiger partial charge < -0.3 is 9.64 Å². The summed E-state index contributed by atoms with van der Waals surface area (Å²) < 4.78 is 43.0. The largest absolute Gasteiger partial charge is 0.448 e. The first kappa shape index (κ1) is 22.9. The van der Waals surface area contributed by atoms with Crippen molar-refractivity contribution < 1.29 is 27.5 Å². The molecule has 34 heavy (non-hydrogen) atoms. The first-order valence-electron chi connectivity index (χ1n) is 12.0. The Morgan fingerprint density at radius 1 is 0.912 bits per heavy atom. The fraction of sp³-hybridized carbons (Fsp3) is 0.481. The lowest BCUT2D eigenvalue weighted by molar-refractivity contribution is -0.138. The summed E-state index contributed by atoms with van der Waals surface area (Å²) in [5.41, 5.74) is 4.65. The lowest BCUT2D eigenvalue weighted by Crippen LogP contribution is -2.48. The molecular formula is C27H28F3NO3. The predicted octanol–water partition coefficient (Wildman–Crippen LogP) is 6.48. The Balaban J connectivity index is 1.20. The molecule has 0 saturated carbocycles. The molecule has 1 aliphatic carbocycles. The lowest BCUT2D eigenvalue weighted by Gasteiger charge is -2.37. The number of benzene rings is 2. The van der Waals surface area contributed by atoms with Crippen molar-refractivity contribution in [3.05, 3.63) is 59.7 Å². The summed E-state index contributed by atoms with van der Waals surface area (Å²) in [6.07, 6.45) is -3.06. The van der Waals surface area contributed by atoms with Gasteiger partial charge in [-0.1, -0.05) is 48.5 Å². The fourth-order valence-corrected chi connectivity index (χ4v) is 6.07. The van der Waals surface area contributed by atoms with Gasteiger partial charge in [-0.05, 0) is 54.4 Å². The Morgan fingerprint density at radius 3 is 2.03 bits per heavy atom. The average Bonchev–Trinajstić information content (AvgIpc) is 3.27. The van der Waals surface area contributed by atoms with E-state index in [-0.39, 0.29) is 55.2 Å². The number of nitrogens with zero attached hydrogens (tertiary/aromatic N) is 1. The minimum Gasteiger partial charge on any atom is -0.448 e. The number of rotatable bonds is 6. The number of carbonyl (C=O) groups is 2. The molecule has 180 valence electrons. The third-order valence-corrected chi connectivity index (χ3v) is 7.62. The van der Waals surface area contributed by atoms with Crippen LogP contribution in [0.2, 0.25) is 0 Å². The maximum Gasteiger partial charge on any atom is 0.410 e. The van der Waals surface area contributed by atoms with Crippen LogP contribution < -0.4 is 0 Å². The minimum absolute atomic E-state index is 0.0123. The molecule has 2 heterocycles. The van der Waals surface area contributed by atoms with Crippen molar-refractivity contribution in [2.75, 3.05) is 6.61 Å². The first-order chi connectivity index (χ1) is 16.3. The van der Waals surface area contributed by atoms with E-state index in [4.69, 9.17) is 4.74 Å². The molecule has 2 fully saturated rings. The molecule has 0 spiro atoms. The topological polar surface area (TPSA) is 46.6 Å². The van der Waals surface area contributed by atoms with Crippen molar-refractivity contribution in [3.63, 3.8) is 0 Å². The van der Waals surface area contributed by atoms with E-state index in [0.717, 1.165) is 24.0 Å². The van der Waals surface area contributed by atoms with E-state index in [2.05, 4.69) is 24.3 Å². The van der Waals surface area contributed by atoms with Gasteiger partial charge >= 0.3 is 12.3 Å². The molecule has 7 heteroatoms. The molecule has 3 aliphatic rings. The molecule has 2 aliphatic heterocycles. The van der Waals surface area contributed by atoms with Crippen molar-refractivity contribution in [3.8, 4) is 11.1 Å². The van der Waals surface area contributed by atoms with Gasteiger partial charge in [0.15, 0.2) is 0 Å². The van der Waals surface area contributed by atoms with Gasteiger partial charge in [-0.15, -0.1) is 0 Å². The van der Waals surface area contributed by atoms with Gasteiger partial charge in [0.2, 0.25) is 0 Å². The molecule has 5 rings (SSSR count). The number of hydrogen-bond acceptors (Lipinski definition) is 3. The van der Waals surface area contributed by atoms with Gasteiger partial charge in [-0.2, -0.15) is 13.2 Å². The number of alkyl halides is 3. The fourth-order valence-electron chi connectivity index (χ4n) is 6.07. The molecule has 2 bridgehead atoms. The second-order valence-electron chi connectivity index (χ2n) is 9.70. The van der Waals surface area contributed by atoms with Crippen LogP contribution in [0.5, 0.6) is 0 Å². The van der Waals surface area contributed by atoms with E-state index >= 15 is 0 Å². The molecule has 2 aromatic rings. The van der Waals surface area contributed by atoms with Gasteiger partial charge in [-0.25, -0.2) is 4.79 Å². The average molecular weight is 472 g/mol. The highest BCUT2D eigenvalue weighted by Gasteiger charge is 2.46. The summed E-state index contributed by atoms with van der Waals surface area (Å²) in [5.74, 6) is -0.376. The Kier molecular flexibility index (Phi) is 6.13. The summed E-state index contributed by atoms with van der Waals surface area (Å²) in [7, 11) is 0. The Bertz CT molecular complexity index is 1020. The Labute approximate surface area is 197 Å². The van der Waals surface area contributed by atoms with Crippen LogP contribution in [0.1, 0.15) is 62.0 Å². The smallest absolute Gasteiger partial charge is 0.410 e.